The van der Waals surface area contributed by atoms with Crippen LogP contribution in [0, 0.1) is 0 Å². The van der Waals surface area contributed by atoms with Gasteiger partial charge < -0.3 is 34.0 Å². The molecule has 0 nitrogen and oxygen atoms in total. The second-order valence-corrected chi connectivity index (χ2v) is 25.3. The number of rotatable bonds is 3. The Morgan fingerprint density at radius 1 is 1.15 bits per heavy atom. The third kappa shape index (κ3) is 3.63. The Kier molecular flexibility index (Phi) is 7.62. The Morgan fingerprint density at radius 3 is 2.55 bits per heavy atom. The van der Waals surface area contributed by atoms with E-state index in [2.05, 4.69) is 67.7 Å². The van der Waals surface area contributed by atoms with E-state index < -0.39 is 26.8 Å². The van der Waals surface area contributed by atoms with Crippen molar-refractivity contribution in [3.8, 4) is 0 Å². The van der Waals surface area contributed by atoms with E-state index in [1.807, 2.05) is 3.28 Å². The van der Waals surface area contributed by atoms with Crippen molar-refractivity contribution < 1.29 is 54.9 Å². The molecule has 0 bridgehead atoms. The van der Waals surface area contributed by atoms with Gasteiger partial charge in [-0.05, 0) is 0 Å². The quantitative estimate of drug-likeness (QED) is 0.440. The van der Waals surface area contributed by atoms with Crippen molar-refractivity contribution in [3.63, 3.8) is 0 Å². The molecule has 0 fully saturated rings. The Hall–Kier alpha value is 0.500. The zero-order valence-electron chi connectivity index (χ0n) is 11.8. The van der Waals surface area contributed by atoms with Crippen LogP contribution in [0.25, 0.3) is 6.08 Å². The number of hydrogen-bond acceptors (Lipinski definition) is 0. The van der Waals surface area contributed by atoms with Crippen molar-refractivity contribution >= 4 is 12.0 Å². The molecule has 2 aliphatic rings. The zero-order chi connectivity index (χ0) is 12.5. The second kappa shape index (κ2) is 8.22. The van der Waals surface area contributed by atoms with Gasteiger partial charge in [-0.2, -0.15) is 0 Å². The maximum absolute atomic E-state index is 2.57. The molecule has 0 aliphatic heterocycles. The van der Waals surface area contributed by atoms with Crippen molar-refractivity contribution in [2.24, 2.45) is 0 Å². The minimum Gasteiger partial charge on any atom is -1.00 e. The Bertz CT molecular complexity index is 549. The van der Waals surface area contributed by atoms with Crippen LogP contribution in [0.2, 0.25) is 13.1 Å². The SMILES string of the molecule is C[SiH](C)[Zr+2]([C]1=CC=CC1)[CH]1C=Cc2ccccc21.[Br-].[Br-]. The first kappa shape index (κ1) is 18.5. The topological polar surface area (TPSA) is 0 Å². The van der Waals surface area contributed by atoms with Crippen LogP contribution >= 0.6 is 0 Å². The summed E-state index contributed by atoms with van der Waals surface area (Å²) in [6.07, 6.45) is 13.2. The van der Waals surface area contributed by atoms with Crippen LogP contribution < -0.4 is 34.0 Å². The molecule has 0 spiro atoms. The van der Waals surface area contributed by atoms with E-state index in [0.29, 0.717) is 0 Å². The van der Waals surface area contributed by atoms with Crippen LogP contribution in [0.3, 0.4) is 0 Å². The molecule has 1 unspecified atom stereocenters. The number of allylic oxidation sites excluding steroid dienone is 5. The van der Waals surface area contributed by atoms with Crippen molar-refractivity contribution in [1.82, 2.24) is 0 Å². The summed E-state index contributed by atoms with van der Waals surface area (Å²) in [6, 6.07) is 9.01. The summed E-state index contributed by atoms with van der Waals surface area (Å²) in [5.74, 6) is -0.513. The van der Waals surface area contributed by atoms with Gasteiger partial charge in [-0.3, -0.25) is 0 Å². The van der Waals surface area contributed by atoms with E-state index in [-0.39, 0.29) is 34.0 Å². The monoisotopic (exact) mass is 487 g/mol. The average Bonchev–Trinajstić information content (AvgIpc) is 3.00. The fourth-order valence-corrected chi connectivity index (χ4v) is 23.1. The molecule has 0 radical (unpaired) electrons. The summed E-state index contributed by atoms with van der Waals surface area (Å²) >= 11 is -1.45. The molecule has 1 aromatic carbocycles. The fraction of sp³-hybridized carbons (Fsp3) is 0.250. The minimum atomic E-state index is -1.45. The number of hydrogen-bond donors (Lipinski definition) is 0. The van der Waals surface area contributed by atoms with Gasteiger partial charge in [-0.25, -0.2) is 0 Å². The Morgan fingerprint density at radius 2 is 1.90 bits per heavy atom. The Balaban J connectivity index is 0.000001000. The van der Waals surface area contributed by atoms with Crippen LogP contribution in [-0.4, -0.2) is 5.92 Å². The molecule has 0 N–H and O–H groups in total. The van der Waals surface area contributed by atoms with Gasteiger partial charge in [0.25, 0.3) is 0 Å². The van der Waals surface area contributed by atoms with E-state index in [9.17, 15) is 0 Å². The van der Waals surface area contributed by atoms with Crippen molar-refractivity contribution in [2.75, 3.05) is 0 Å². The third-order valence-electron chi connectivity index (χ3n) is 3.90. The van der Waals surface area contributed by atoms with Gasteiger partial charge in [-0.1, -0.05) is 0 Å². The second-order valence-electron chi connectivity index (χ2n) is 5.40. The van der Waals surface area contributed by atoms with E-state index in [4.69, 9.17) is 0 Å². The Labute approximate surface area is 151 Å². The minimum absolute atomic E-state index is 0. The summed E-state index contributed by atoms with van der Waals surface area (Å²) in [5.41, 5.74) is 3.10. The summed E-state index contributed by atoms with van der Waals surface area (Å²) in [5, 5.41) is 0. The van der Waals surface area contributed by atoms with Gasteiger partial charge in [0.1, 0.15) is 0 Å². The molecule has 20 heavy (non-hydrogen) atoms. The standard InChI is InChI=1S/C9H7.C5H5.C2H7Si.2BrH.Zr/c1-2-5-9-7-3-6-8(9)4-1;1-2-4-5-3-1;1-3-2;;;/h1-7H;1-3H,4H2;3H,1-2H3;2*1H;/q;;;;;+2/p-2. The largest absolute Gasteiger partial charge is 1.00 e. The molecule has 0 aromatic heterocycles. The number of benzene rings is 1. The van der Waals surface area contributed by atoms with Crippen LogP contribution in [0.1, 0.15) is 21.2 Å². The summed E-state index contributed by atoms with van der Waals surface area (Å²) in [4.78, 5) is 0. The summed E-state index contributed by atoms with van der Waals surface area (Å²) in [6.45, 7) is 5.14. The smallest absolute Gasteiger partial charge is 1.00 e. The molecule has 4 heteroatoms. The maximum atomic E-state index is 2.57. The average molecular weight is 490 g/mol. The predicted octanol–water partition coefficient (Wildman–Crippen LogP) is -1.79. The van der Waals surface area contributed by atoms with E-state index in [1.54, 1.807) is 5.56 Å². The molecular weight excluding hydrogens is 471 g/mol. The van der Waals surface area contributed by atoms with Gasteiger partial charge in [-0.15, -0.1) is 0 Å². The van der Waals surface area contributed by atoms with E-state index >= 15 is 0 Å². The molecular formula is C16H19Br2SiZr. The zero-order valence-corrected chi connectivity index (χ0v) is 18.6. The van der Waals surface area contributed by atoms with E-state index in [1.165, 1.54) is 12.0 Å². The first-order valence-corrected chi connectivity index (χ1v) is 16.6. The molecule has 3 rings (SSSR count). The van der Waals surface area contributed by atoms with Crippen LogP contribution in [0.5, 0.6) is 0 Å². The molecule has 0 amide bonds. The van der Waals surface area contributed by atoms with Gasteiger partial charge in [0, 0.05) is 0 Å². The molecule has 2 aliphatic carbocycles. The molecule has 0 heterocycles. The van der Waals surface area contributed by atoms with Crippen molar-refractivity contribution in [2.45, 2.75) is 23.1 Å². The predicted molar refractivity (Wildman–Crippen MR) is 78.9 cm³/mol. The molecule has 0 saturated carbocycles. The number of fused-ring (bicyclic) bond motifs is 1. The van der Waals surface area contributed by atoms with Crippen LogP contribution in [0.4, 0.5) is 0 Å². The normalized spacial score (nSPS) is 18.4. The van der Waals surface area contributed by atoms with Crippen molar-refractivity contribution in [1.29, 1.82) is 0 Å². The van der Waals surface area contributed by atoms with Crippen LogP contribution in [-0.2, 0) is 20.9 Å². The number of halogens is 2. The molecule has 0 saturated heterocycles. The van der Waals surface area contributed by atoms with Gasteiger partial charge in [0.2, 0.25) is 0 Å². The molecule has 1 aromatic rings. The van der Waals surface area contributed by atoms with Gasteiger partial charge in [0.05, 0.1) is 0 Å². The van der Waals surface area contributed by atoms with Crippen LogP contribution in [0.15, 0.2) is 51.9 Å². The molecule has 105 valence electrons. The first-order chi connectivity index (χ1) is 8.77. The summed E-state index contributed by atoms with van der Waals surface area (Å²) < 4.78 is 2.67. The maximum Gasteiger partial charge on any atom is -1.00 e. The molecule has 1 atom stereocenters. The van der Waals surface area contributed by atoms with E-state index in [0.717, 1.165) is 3.63 Å². The third-order valence-corrected chi connectivity index (χ3v) is 24.3. The van der Waals surface area contributed by atoms with Gasteiger partial charge in [0.15, 0.2) is 0 Å². The van der Waals surface area contributed by atoms with Gasteiger partial charge >= 0.3 is 119 Å². The first-order valence-electron chi connectivity index (χ1n) is 6.77. The fourth-order valence-electron chi connectivity index (χ4n) is 3.11. The van der Waals surface area contributed by atoms with Crippen molar-refractivity contribution in [3.05, 3.63) is 63.0 Å². The summed E-state index contributed by atoms with van der Waals surface area (Å²) in [7, 11) is 0.